The molecule has 1 amide bonds. The van der Waals surface area contributed by atoms with Crippen LogP contribution in [0.1, 0.15) is 48.6 Å². The molecule has 2 aromatic rings. The highest BCUT2D eigenvalue weighted by Gasteiger charge is 2.33. The Morgan fingerprint density at radius 1 is 1.26 bits per heavy atom. The Kier molecular flexibility index (Phi) is 5.74. The number of benzene rings is 1. The second kappa shape index (κ2) is 8.20. The molecule has 1 saturated heterocycles. The highest BCUT2D eigenvalue weighted by molar-refractivity contribution is 7.89. The quantitative estimate of drug-likeness (QED) is 0.654. The van der Waals surface area contributed by atoms with E-state index in [2.05, 4.69) is 5.32 Å². The third kappa shape index (κ3) is 4.43. The number of hydrogen-bond acceptors (Lipinski definition) is 6. The second-order valence-electron chi connectivity index (χ2n) is 8.53. The van der Waals surface area contributed by atoms with E-state index in [0.29, 0.717) is 18.8 Å². The van der Waals surface area contributed by atoms with Gasteiger partial charge < -0.3 is 19.2 Å². The van der Waals surface area contributed by atoms with E-state index >= 15 is 0 Å². The lowest BCUT2D eigenvalue weighted by atomic mass is 10.0. The fourth-order valence-electron chi connectivity index (χ4n) is 4.01. The Morgan fingerprint density at radius 3 is 2.74 bits per heavy atom. The fourth-order valence-corrected chi connectivity index (χ4v) is 5.69. The molecule has 4 rings (SSSR count). The lowest BCUT2D eigenvalue weighted by Gasteiger charge is -2.18. The zero-order valence-electron chi connectivity index (χ0n) is 18.1. The topological polar surface area (TPSA) is 98.1 Å². The SMILES string of the molecule is Cc1oc(C(=O)NCCOc2cccc3c2OC(C)(C)C3)cc1S(=O)(=O)N1CCCC1. The molecule has 9 heteroatoms. The third-order valence-electron chi connectivity index (χ3n) is 5.48. The molecule has 0 bridgehead atoms. The first-order chi connectivity index (χ1) is 14.7. The predicted molar refractivity (Wildman–Crippen MR) is 114 cm³/mol. The maximum absolute atomic E-state index is 12.7. The summed E-state index contributed by atoms with van der Waals surface area (Å²) in [4.78, 5) is 12.5. The third-order valence-corrected chi connectivity index (χ3v) is 7.49. The van der Waals surface area contributed by atoms with Gasteiger partial charge in [-0.3, -0.25) is 4.79 Å². The highest BCUT2D eigenvalue weighted by atomic mass is 32.2. The molecule has 1 aromatic heterocycles. The number of rotatable bonds is 7. The van der Waals surface area contributed by atoms with Gasteiger partial charge in [0.2, 0.25) is 10.0 Å². The minimum atomic E-state index is -3.64. The van der Waals surface area contributed by atoms with Crippen LogP contribution in [0.5, 0.6) is 11.5 Å². The van der Waals surface area contributed by atoms with Crippen molar-refractivity contribution >= 4 is 15.9 Å². The molecule has 8 nitrogen and oxygen atoms in total. The van der Waals surface area contributed by atoms with E-state index in [0.717, 1.165) is 30.6 Å². The van der Waals surface area contributed by atoms with Crippen LogP contribution in [-0.2, 0) is 16.4 Å². The van der Waals surface area contributed by atoms with E-state index in [1.165, 1.54) is 10.4 Å². The highest BCUT2D eigenvalue weighted by Crippen LogP contribution is 2.41. The minimum Gasteiger partial charge on any atom is -0.488 e. The fraction of sp³-hybridized carbons (Fsp3) is 0.500. The summed E-state index contributed by atoms with van der Waals surface area (Å²) in [7, 11) is -3.64. The Bertz CT molecular complexity index is 1080. The molecule has 1 fully saturated rings. The molecule has 0 saturated carbocycles. The zero-order chi connectivity index (χ0) is 22.2. The second-order valence-corrected chi connectivity index (χ2v) is 10.4. The number of furan rings is 1. The first kappa shape index (κ1) is 21.7. The van der Waals surface area contributed by atoms with Crippen molar-refractivity contribution in [3.8, 4) is 11.5 Å². The van der Waals surface area contributed by atoms with E-state index in [-0.39, 0.29) is 35.2 Å². The zero-order valence-corrected chi connectivity index (χ0v) is 18.9. The van der Waals surface area contributed by atoms with Crippen LogP contribution < -0.4 is 14.8 Å². The summed E-state index contributed by atoms with van der Waals surface area (Å²) in [5.41, 5.74) is 0.838. The summed E-state index contributed by atoms with van der Waals surface area (Å²) in [6.45, 7) is 7.08. The number of sulfonamides is 1. The number of amides is 1. The van der Waals surface area contributed by atoms with Crippen LogP contribution in [0.15, 0.2) is 33.6 Å². The molecule has 2 aliphatic rings. The number of nitrogens with zero attached hydrogens (tertiary/aromatic N) is 1. The van der Waals surface area contributed by atoms with Crippen molar-refractivity contribution in [2.45, 2.75) is 50.5 Å². The number of hydrogen-bond donors (Lipinski definition) is 1. The summed E-state index contributed by atoms with van der Waals surface area (Å²) < 4.78 is 44.2. The molecule has 0 unspecified atom stereocenters. The van der Waals surface area contributed by atoms with E-state index in [4.69, 9.17) is 13.9 Å². The van der Waals surface area contributed by atoms with Gasteiger partial charge >= 0.3 is 0 Å². The Hall–Kier alpha value is -2.52. The van der Waals surface area contributed by atoms with Crippen LogP contribution in [0.25, 0.3) is 0 Å². The molecule has 0 atom stereocenters. The molecule has 1 N–H and O–H groups in total. The summed E-state index contributed by atoms with van der Waals surface area (Å²) in [6, 6.07) is 7.09. The van der Waals surface area contributed by atoms with Crippen LogP contribution in [0.4, 0.5) is 0 Å². The van der Waals surface area contributed by atoms with Gasteiger partial charge in [0.1, 0.15) is 22.9 Å². The number of aryl methyl sites for hydroxylation is 1. The average Bonchev–Trinajstić information content (AvgIpc) is 3.42. The van der Waals surface area contributed by atoms with Crippen molar-refractivity contribution < 1.29 is 27.1 Å². The van der Waals surface area contributed by atoms with Crippen LogP contribution >= 0.6 is 0 Å². The number of carbonyl (C=O) groups excluding carboxylic acids is 1. The lowest BCUT2D eigenvalue weighted by molar-refractivity contribution is 0.0917. The molecule has 0 radical (unpaired) electrons. The summed E-state index contributed by atoms with van der Waals surface area (Å²) in [5, 5.41) is 2.71. The van der Waals surface area contributed by atoms with Crippen LogP contribution in [0.3, 0.4) is 0 Å². The standard InChI is InChI=1S/C22H28N2O6S/c1-15-19(31(26,27)24-10-4-5-11-24)13-18(29-15)21(25)23-9-12-28-17-8-6-7-16-14-22(2,3)30-20(16)17/h6-8,13H,4-5,9-12,14H2,1-3H3,(H,23,25). The molecule has 0 spiro atoms. The van der Waals surface area contributed by atoms with E-state index in [1.807, 2.05) is 32.0 Å². The van der Waals surface area contributed by atoms with Crippen molar-refractivity contribution in [1.29, 1.82) is 0 Å². The maximum Gasteiger partial charge on any atom is 0.287 e. The van der Waals surface area contributed by atoms with Crippen molar-refractivity contribution in [3.63, 3.8) is 0 Å². The molecule has 168 valence electrons. The van der Waals surface area contributed by atoms with Gasteiger partial charge in [-0.05, 0) is 39.7 Å². The normalized spacial score (nSPS) is 17.9. The van der Waals surface area contributed by atoms with Gasteiger partial charge in [-0.25, -0.2) is 8.42 Å². The molecule has 2 aliphatic heterocycles. The van der Waals surface area contributed by atoms with Crippen molar-refractivity contribution in [3.05, 3.63) is 41.3 Å². The van der Waals surface area contributed by atoms with Crippen molar-refractivity contribution in [1.82, 2.24) is 9.62 Å². The monoisotopic (exact) mass is 448 g/mol. The van der Waals surface area contributed by atoms with Crippen molar-refractivity contribution in [2.24, 2.45) is 0 Å². The van der Waals surface area contributed by atoms with Crippen molar-refractivity contribution in [2.75, 3.05) is 26.2 Å². The Balaban J connectivity index is 1.34. The maximum atomic E-state index is 12.7. The largest absolute Gasteiger partial charge is 0.488 e. The summed E-state index contributed by atoms with van der Waals surface area (Å²) in [6.07, 6.45) is 2.50. The molecule has 0 aliphatic carbocycles. The Labute approximate surface area is 182 Å². The molecule has 1 aromatic carbocycles. The van der Waals surface area contributed by atoms with Gasteiger partial charge in [0.15, 0.2) is 17.3 Å². The first-order valence-electron chi connectivity index (χ1n) is 10.5. The van der Waals surface area contributed by atoms with Gasteiger partial charge in [-0.15, -0.1) is 0 Å². The van der Waals surface area contributed by atoms with E-state index < -0.39 is 15.9 Å². The number of para-hydroxylation sites is 1. The minimum absolute atomic E-state index is 0.0269. The van der Waals surface area contributed by atoms with Crippen LogP contribution in [0, 0.1) is 6.92 Å². The van der Waals surface area contributed by atoms with Gasteiger partial charge in [-0.2, -0.15) is 4.31 Å². The number of carbonyl (C=O) groups is 1. The summed E-state index contributed by atoms with van der Waals surface area (Å²) >= 11 is 0. The Morgan fingerprint density at radius 2 is 2.00 bits per heavy atom. The van der Waals surface area contributed by atoms with Gasteiger partial charge in [0, 0.05) is 31.1 Å². The molecular formula is C22H28N2O6S. The molecular weight excluding hydrogens is 420 g/mol. The smallest absolute Gasteiger partial charge is 0.287 e. The van der Waals surface area contributed by atoms with Crippen LogP contribution in [0.2, 0.25) is 0 Å². The van der Waals surface area contributed by atoms with Gasteiger partial charge in [0.25, 0.3) is 5.91 Å². The molecule has 31 heavy (non-hydrogen) atoms. The molecule has 3 heterocycles. The van der Waals surface area contributed by atoms with Crippen LogP contribution in [-0.4, -0.2) is 50.5 Å². The van der Waals surface area contributed by atoms with E-state index in [1.54, 1.807) is 6.92 Å². The van der Waals surface area contributed by atoms with Gasteiger partial charge in [-0.1, -0.05) is 12.1 Å². The lowest BCUT2D eigenvalue weighted by Crippen LogP contribution is -2.28. The summed E-state index contributed by atoms with van der Waals surface area (Å²) in [5.74, 6) is 1.10. The van der Waals surface area contributed by atoms with E-state index in [9.17, 15) is 13.2 Å². The number of nitrogens with one attached hydrogen (secondary N) is 1. The first-order valence-corrected chi connectivity index (χ1v) is 11.9. The average molecular weight is 449 g/mol. The predicted octanol–water partition coefficient (Wildman–Crippen LogP) is 2.89. The van der Waals surface area contributed by atoms with Gasteiger partial charge in [0.05, 0.1) is 6.54 Å². The number of fused-ring (bicyclic) bond motifs is 1. The number of ether oxygens (including phenoxy) is 2.